The molecule has 1 aromatic rings. The van der Waals surface area contributed by atoms with Crippen LogP contribution in [0.3, 0.4) is 0 Å². The fourth-order valence-electron chi connectivity index (χ4n) is 2.84. The highest BCUT2D eigenvalue weighted by Gasteiger charge is 2.46. The minimum absolute atomic E-state index is 0.0718. The van der Waals surface area contributed by atoms with E-state index < -0.39 is 23.2 Å². The van der Waals surface area contributed by atoms with Crippen molar-refractivity contribution in [3.05, 3.63) is 24.0 Å². The molecule has 0 heterocycles. The molecule has 6 heteroatoms. The summed E-state index contributed by atoms with van der Waals surface area (Å²) in [4.78, 5) is 25.4. The molecule has 0 aliphatic rings. The summed E-state index contributed by atoms with van der Waals surface area (Å²) in [6.45, 7) is 5.92. The van der Waals surface area contributed by atoms with E-state index in [2.05, 4.69) is 6.92 Å². The Morgan fingerprint density at radius 3 is 2.22 bits per heavy atom. The van der Waals surface area contributed by atoms with Crippen molar-refractivity contribution in [1.82, 2.24) is 0 Å². The Labute approximate surface area is 161 Å². The molecule has 0 aliphatic carbocycles. The minimum Gasteiger partial charge on any atom is -0.493 e. The molecular weight excluding hydrogens is 351 g/mol. The number of methoxy groups -OCH3 is 1. The van der Waals surface area contributed by atoms with Gasteiger partial charge in [0.2, 0.25) is 0 Å². The van der Waals surface area contributed by atoms with Crippen molar-refractivity contribution < 1.29 is 28.2 Å². The van der Waals surface area contributed by atoms with Crippen molar-refractivity contribution in [2.75, 3.05) is 13.7 Å². The molecule has 27 heavy (non-hydrogen) atoms. The predicted molar refractivity (Wildman–Crippen MR) is 101 cm³/mol. The smallest absolute Gasteiger partial charge is 0.328 e. The lowest BCUT2D eigenvalue weighted by Crippen LogP contribution is -2.42. The van der Waals surface area contributed by atoms with Crippen LogP contribution in [0, 0.1) is 11.2 Å². The Morgan fingerprint density at radius 1 is 0.963 bits per heavy atom. The lowest BCUT2D eigenvalue weighted by atomic mass is 9.82. The zero-order valence-electron chi connectivity index (χ0n) is 16.8. The summed E-state index contributed by atoms with van der Waals surface area (Å²) in [5.41, 5.74) is -1.39. The van der Waals surface area contributed by atoms with Crippen LogP contribution in [0.1, 0.15) is 65.7 Å². The first-order valence-corrected chi connectivity index (χ1v) is 9.68. The highest BCUT2D eigenvalue weighted by atomic mass is 19.1. The molecule has 0 amide bonds. The number of benzene rings is 1. The first kappa shape index (κ1) is 22.9. The third-order valence-electron chi connectivity index (χ3n) is 4.80. The van der Waals surface area contributed by atoms with Gasteiger partial charge in [0.1, 0.15) is 5.82 Å². The molecule has 0 saturated heterocycles. The number of unbranched alkanes of at least 4 members (excludes halogenated alkanes) is 4. The van der Waals surface area contributed by atoms with Gasteiger partial charge < -0.3 is 14.2 Å². The quantitative estimate of drug-likeness (QED) is 0.219. The molecule has 1 aromatic carbocycles. The van der Waals surface area contributed by atoms with Crippen LogP contribution in [0.4, 0.5) is 4.39 Å². The van der Waals surface area contributed by atoms with Crippen molar-refractivity contribution in [3.8, 4) is 11.5 Å². The van der Waals surface area contributed by atoms with E-state index in [0.29, 0.717) is 0 Å². The molecule has 5 nitrogen and oxygen atoms in total. The first-order valence-electron chi connectivity index (χ1n) is 9.68. The van der Waals surface area contributed by atoms with E-state index in [1.54, 1.807) is 13.8 Å². The van der Waals surface area contributed by atoms with Crippen molar-refractivity contribution in [1.29, 1.82) is 0 Å². The maximum Gasteiger partial charge on any atom is 0.328 e. The number of rotatable bonds is 12. The van der Waals surface area contributed by atoms with Crippen LogP contribution in [0.25, 0.3) is 0 Å². The molecule has 0 bridgehead atoms. The van der Waals surface area contributed by atoms with E-state index in [4.69, 9.17) is 14.2 Å². The SMILES string of the molecule is CCCCCCCOC(=O)C(CC)(CC)C(=O)Oc1ccc(F)cc1OC. The van der Waals surface area contributed by atoms with Gasteiger partial charge in [0.25, 0.3) is 0 Å². The Kier molecular flexibility index (Phi) is 9.83. The van der Waals surface area contributed by atoms with Crippen molar-refractivity contribution >= 4 is 11.9 Å². The summed E-state index contributed by atoms with van der Waals surface area (Å²) in [6, 6.07) is 3.59. The molecule has 0 aliphatic heterocycles. The third-order valence-corrected chi connectivity index (χ3v) is 4.80. The Morgan fingerprint density at radius 2 is 1.63 bits per heavy atom. The summed E-state index contributed by atoms with van der Waals surface area (Å²) < 4.78 is 29.1. The van der Waals surface area contributed by atoms with Crippen molar-refractivity contribution in [2.24, 2.45) is 5.41 Å². The molecule has 0 fully saturated rings. The van der Waals surface area contributed by atoms with Crippen LogP contribution in [0.2, 0.25) is 0 Å². The van der Waals surface area contributed by atoms with E-state index in [0.717, 1.165) is 38.2 Å². The van der Waals surface area contributed by atoms with Crippen molar-refractivity contribution in [3.63, 3.8) is 0 Å². The molecular formula is C21H31FO5. The predicted octanol–water partition coefficient (Wildman–Crippen LogP) is 5.06. The topological polar surface area (TPSA) is 61.8 Å². The molecule has 0 unspecified atom stereocenters. The van der Waals surface area contributed by atoms with Crippen LogP contribution in [-0.4, -0.2) is 25.7 Å². The fourth-order valence-corrected chi connectivity index (χ4v) is 2.84. The Hall–Kier alpha value is -2.11. The largest absolute Gasteiger partial charge is 0.493 e. The zero-order chi connectivity index (χ0) is 20.3. The average Bonchev–Trinajstić information content (AvgIpc) is 2.67. The van der Waals surface area contributed by atoms with E-state index in [-0.39, 0.29) is 30.9 Å². The van der Waals surface area contributed by atoms with Crippen molar-refractivity contribution in [2.45, 2.75) is 65.7 Å². The minimum atomic E-state index is -1.39. The van der Waals surface area contributed by atoms with Gasteiger partial charge in [-0.3, -0.25) is 9.59 Å². The van der Waals surface area contributed by atoms with E-state index in [1.807, 2.05) is 0 Å². The Bertz CT molecular complexity index is 611. The maximum absolute atomic E-state index is 13.3. The first-order chi connectivity index (χ1) is 12.9. The summed E-state index contributed by atoms with van der Waals surface area (Å²) in [5, 5.41) is 0. The van der Waals surface area contributed by atoms with E-state index in [9.17, 15) is 14.0 Å². The van der Waals surface area contributed by atoms with Crippen LogP contribution in [0.15, 0.2) is 18.2 Å². The van der Waals surface area contributed by atoms with Crippen LogP contribution < -0.4 is 9.47 Å². The third kappa shape index (κ3) is 6.22. The van der Waals surface area contributed by atoms with Gasteiger partial charge in [-0.05, 0) is 31.4 Å². The number of halogens is 1. The second-order valence-corrected chi connectivity index (χ2v) is 6.52. The lowest BCUT2D eigenvalue weighted by Gasteiger charge is -2.27. The van der Waals surface area contributed by atoms with Crippen LogP contribution in [0.5, 0.6) is 11.5 Å². The highest BCUT2D eigenvalue weighted by molar-refractivity contribution is 6.00. The molecule has 0 atom stereocenters. The van der Waals surface area contributed by atoms with Gasteiger partial charge in [0.05, 0.1) is 13.7 Å². The lowest BCUT2D eigenvalue weighted by molar-refractivity contribution is -0.168. The number of hydrogen-bond donors (Lipinski definition) is 0. The van der Waals surface area contributed by atoms with Gasteiger partial charge in [-0.15, -0.1) is 0 Å². The molecule has 152 valence electrons. The maximum atomic E-state index is 13.3. The molecule has 0 saturated carbocycles. The summed E-state index contributed by atoms with van der Waals surface area (Å²) >= 11 is 0. The monoisotopic (exact) mass is 382 g/mol. The average molecular weight is 382 g/mol. The molecule has 1 rings (SSSR count). The van der Waals surface area contributed by atoms with E-state index >= 15 is 0 Å². The summed E-state index contributed by atoms with van der Waals surface area (Å²) in [5.74, 6) is -1.63. The highest BCUT2D eigenvalue weighted by Crippen LogP contribution is 2.34. The fraction of sp³-hybridized carbons (Fsp3) is 0.619. The molecule has 0 N–H and O–H groups in total. The molecule has 0 radical (unpaired) electrons. The number of hydrogen-bond acceptors (Lipinski definition) is 5. The second-order valence-electron chi connectivity index (χ2n) is 6.52. The number of ether oxygens (including phenoxy) is 3. The molecule has 0 spiro atoms. The number of carbonyl (C=O) groups excluding carboxylic acids is 2. The van der Waals surface area contributed by atoms with Gasteiger partial charge in [-0.2, -0.15) is 0 Å². The van der Waals surface area contributed by atoms with Gasteiger partial charge in [-0.1, -0.05) is 46.5 Å². The molecule has 0 aromatic heterocycles. The van der Waals surface area contributed by atoms with Gasteiger partial charge in [-0.25, -0.2) is 4.39 Å². The van der Waals surface area contributed by atoms with E-state index in [1.165, 1.54) is 19.2 Å². The van der Waals surface area contributed by atoms with Gasteiger partial charge in [0.15, 0.2) is 16.9 Å². The second kappa shape index (κ2) is 11.6. The standard InChI is InChI=1S/C21H31FO5/c1-5-8-9-10-11-14-26-19(23)21(6-2,7-3)20(24)27-17-13-12-16(22)15-18(17)25-4/h12-13,15H,5-11,14H2,1-4H3. The van der Waals surface area contributed by atoms with Crippen LogP contribution >= 0.6 is 0 Å². The van der Waals surface area contributed by atoms with Crippen LogP contribution in [-0.2, 0) is 14.3 Å². The van der Waals surface area contributed by atoms with Gasteiger partial charge >= 0.3 is 11.9 Å². The number of carbonyl (C=O) groups is 2. The normalized spacial score (nSPS) is 11.1. The Balaban J connectivity index is 2.79. The summed E-state index contributed by atoms with van der Waals surface area (Å²) in [7, 11) is 1.35. The number of esters is 2. The zero-order valence-corrected chi connectivity index (χ0v) is 16.8. The summed E-state index contributed by atoms with van der Waals surface area (Å²) in [6.07, 6.45) is 5.68. The van der Waals surface area contributed by atoms with Gasteiger partial charge in [0, 0.05) is 6.07 Å².